The van der Waals surface area contributed by atoms with Crippen molar-refractivity contribution in [1.29, 1.82) is 0 Å². The summed E-state index contributed by atoms with van der Waals surface area (Å²) in [6.07, 6.45) is -3.43. The standard InChI is InChI=1S/C23H23F3N4O/c24-23(25,26)19-2-1-3-20(16-19)30-14-12-29(13-15-30)11-10-17-4-6-18(7-5-17)21-8-9-22(31)28-27-21/h1-9,16H,10-15H2,(H,28,31). The minimum atomic E-state index is -4.32. The van der Waals surface area contributed by atoms with E-state index in [0.29, 0.717) is 18.8 Å². The van der Waals surface area contributed by atoms with Crippen LogP contribution < -0.4 is 10.5 Å². The first-order valence-corrected chi connectivity index (χ1v) is 10.2. The number of benzene rings is 2. The van der Waals surface area contributed by atoms with Crippen molar-refractivity contribution in [2.75, 3.05) is 37.6 Å². The zero-order valence-electron chi connectivity index (χ0n) is 16.9. The average molecular weight is 428 g/mol. The molecule has 1 N–H and O–H groups in total. The highest BCUT2D eigenvalue weighted by Crippen LogP contribution is 2.31. The number of piperazine rings is 1. The molecule has 4 rings (SSSR count). The molecule has 0 saturated carbocycles. The van der Waals surface area contributed by atoms with Crippen LogP contribution >= 0.6 is 0 Å². The maximum Gasteiger partial charge on any atom is 0.416 e. The molecular weight excluding hydrogens is 405 g/mol. The number of aromatic nitrogens is 2. The van der Waals surface area contributed by atoms with Crippen LogP contribution in [0.5, 0.6) is 0 Å². The normalized spacial score (nSPS) is 15.3. The molecule has 1 aliphatic heterocycles. The van der Waals surface area contributed by atoms with Gasteiger partial charge in [0.25, 0.3) is 5.56 Å². The smallest absolute Gasteiger partial charge is 0.369 e. The molecule has 0 spiro atoms. The van der Waals surface area contributed by atoms with E-state index in [4.69, 9.17) is 0 Å². The van der Waals surface area contributed by atoms with Crippen LogP contribution in [0.15, 0.2) is 65.5 Å². The Balaban J connectivity index is 1.29. The number of nitrogens with one attached hydrogen (secondary N) is 1. The maximum atomic E-state index is 13.0. The van der Waals surface area contributed by atoms with Crippen LogP contribution in [-0.4, -0.2) is 47.8 Å². The Bertz CT molecular complexity index is 1050. The lowest BCUT2D eigenvalue weighted by Crippen LogP contribution is -2.47. The summed E-state index contributed by atoms with van der Waals surface area (Å²) in [5, 5.41) is 6.47. The lowest BCUT2D eigenvalue weighted by Gasteiger charge is -2.36. The summed E-state index contributed by atoms with van der Waals surface area (Å²) >= 11 is 0. The van der Waals surface area contributed by atoms with Gasteiger partial charge in [0.15, 0.2) is 0 Å². The summed E-state index contributed by atoms with van der Waals surface area (Å²) in [4.78, 5) is 15.5. The van der Waals surface area contributed by atoms with Crippen LogP contribution in [0.3, 0.4) is 0 Å². The quantitative estimate of drug-likeness (QED) is 0.671. The molecule has 0 aliphatic carbocycles. The first-order valence-electron chi connectivity index (χ1n) is 10.2. The Morgan fingerprint density at radius 2 is 1.68 bits per heavy atom. The van der Waals surface area contributed by atoms with E-state index >= 15 is 0 Å². The fraction of sp³-hybridized carbons (Fsp3) is 0.304. The second-order valence-electron chi connectivity index (χ2n) is 7.63. The van der Waals surface area contributed by atoms with Crippen LogP contribution in [0.1, 0.15) is 11.1 Å². The van der Waals surface area contributed by atoms with Gasteiger partial charge in [0.05, 0.1) is 11.3 Å². The Hall–Kier alpha value is -3.13. The van der Waals surface area contributed by atoms with Crippen molar-refractivity contribution < 1.29 is 13.2 Å². The molecule has 2 aromatic carbocycles. The minimum absolute atomic E-state index is 0.228. The number of anilines is 1. The third-order valence-corrected chi connectivity index (χ3v) is 5.56. The van der Waals surface area contributed by atoms with Gasteiger partial charge in [-0.1, -0.05) is 30.3 Å². The second kappa shape index (κ2) is 8.93. The lowest BCUT2D eigenvalue weighted by atomic mass is 10.1. The van der Waals surface area contributed by atoms with E-state index in [9.17, 15) is 18.0 Å². The SMILES string of the molecule is O=c1ccc(-c2ccc(CCN3CCN(c4cccc(C(F)(F)F)c4)CC3)cc2)n[nH]1. The molecule has 0 amide bonds. The number of hydrogen-bond donors (Lipinski definition) is 1. The van der Waals surface area contributed by atoms with Gasteiger partial charge < -0.3 is 4.90 Å². The molecule has 8 heteroatoms. The van der Waals surface area contributed by atoms with E-state index in [-0.39, 0.29) is 5.56 Å². The van der Waals surface area contributed by atoms with E-state index in [2.05, 4.69) is 27.2 Å². The van der Waals surface area contributed by atoms with Crippen molar-refractivity contribution in [2.45, 2.75) is 12.6 Å². The highest BCUT2D eigenvalue weighted by molar-refractivity contribution is 5.58. The average Bonchev–Trinajstić information content (AvgIpc) is 2.78. The molecule has 0 radical (unpaired) electrons. The molecule has 0 unspecified atom stereocenters. The molecule has 1 saturated heterocycles. The van der Waals surface area contributed by atoms with Gasteiger partial charge in [-0.25, -0.2) is 5.10 Å². The molecule has 2 heterocycles. The van der Waals surface area contributed by atoms with Crippen molar-refractivity contribution in [3.8, 4) is 11.3 Å². The highest BCUT2D eigenvalue weighted by atomic mass is 19.4. The summed E-state index contributed by atoms with van der Waals surface area (Å²) < 4.78 is 38.9. The fourth-order valence-corrected chi connectivity index (χ4v) is 3.74. The monoisotopic (exact) mass is 428 g/mol. The van der Waals surface area contributed by atoms with Crippen molar-refractivity contribution in [3.63, 3.8) is 0 Å². The predicted molar refractivity (Wildman–Crippen MR) is 114 cm³/mol. The van der Waals surface area contributed by atoms with E-state index in [1.807, 2.05) is 17.0 Å². The molecule has 0 bridgehead atoms. The molecular formula is C23H23F3N4O. The molecule has 1 aromatic heterocycles. The summed E-state index contributed by atoms with van der Waals surface area (Å²) in [6.45, 7) is 3.94. The number of hydrogen-bond acceptors (Lipinski definition) is 4. The summed E-state index contributed by atoms with van der Waals surface area (Å²) in [5.74, 6) is 0. The Morgan fingerprint density at radius 1 is 0.935 bits per heavy atom. The summed E-state index contributed by atoms with van der Waals surface area (Å²) in [5.41, 5.74) is 2.66. The summed E-state index contributed by atoms with van der Waals surface area (Å²) in [7, 11) is 0. The first-order chi connectivity index (χ1) is 14.9. The van der Waals surface area contributed by atoms with Crippen LogP contribution in [0, 0.1) is 0 Å². The van der Waals surface area contributed by atoms with E-state index in [1.54, 1.807) is 12.1 Å². The number of alkyl halides is 3. The van der Waals surface area contributed by atoms with Crippen molar-refractivity contribution in [2.24, 2.45) is 0 Å². The van der Waals surface area contributed by atoms with Crippen LogP contribution in [-0.2, 0) is 12.6 Å². The van der Waals surface area contributed by atoms with E-state index in [1.165, 1.54) is 23.8 Å². The van der Waals surface area contributed by atoms with Crippen LogP contribution in [0.2, 0.25) is 0 Å². The highest BCUT2D eigenvalue weighted by Gasteiger charge is 2.31. The fourth-order valence-electron chi connectivity index (χ4n) is 3.74. The van der Waals surface area contributed by atoms with Crippen LogP contribution in [0.4, 0.5) is 18.9 Å². The molecule has 31 heavy (non-hydrogen) atoms. The number of aromatic amines is 1. The Labute approximate surface area is 178 Å². The molecule has 1 fully saturated rings. The van der Waals surface area contributed by atoms with Crippen molar-refractivity contribution in [3.05, 3.63) is 82.1 Å². The number of H-pyrrole nitrogens is 1. The lowest BCUT2D eigenvalue weighted by molar-refractivity contribution is -0.137. The number of nitrogens with zero attached hydrogens (tertiary/aromatic N) is 3. The minimum Gasteiger partial charge on any atom is -0.369 e. The third kappa shape index (κ3) is 5.32. The van der Waals surface area contributed by atoms with E-state index in [0.717, 1.165) is 43.4 Å². The molecule has 0 atom stereocenters. The molecule has 162 valence electrons. The Kier molecular flexibility index (Phi) is 6.08. The largest absolute Gasteiger partial charge is 0.416 e. The number of rotatable bonds is 5. The maximum absolute atomic E-state index is 13.0. The van der Waals surface area contributed by atoms with Crippen molar-refractivity contribution in [1.82, 2.24) is 15.1 Å². The number of halogens is 3. The zero-order valence-corrected chi connectivity index (χ0v) is 16.9. The Morgan fingerprint density at radius 3 is 2.32 bits per heavy atom. The zero-order chi connectivity index (χ0) is 21.8. The second-order valence-corrected chi connectivity index (χ2v) is 7.63. The summed E-state index contributed by atoms with van der Waals surface area (Å²) in [6, 6.07) is 16.8. The van der Waals surface area contributed by atoms with Gasteiger partial charge in [0, 0.05) is 50.0 Å². The van der Waals surface area contributed by atoms with Gasteiger partial charge >= 0.3 is 6.18 Å². The van der Waals surface area contributed by atoms with Gasteiger partial charge in [-0.3, -0.25) is 9.69 Å². The molecule has 1 aliphatic rings. The third-order valence-electron chi connectivity index (χ3n) is 5.56. The van der Waals surface area contributed by atoms with Gasteiger partial charge in [-0.05, 0) is 36.2 Å². The van der Waals surface area contributed by atoms with Gasteiger partial charge in [-0.15, -0.1) is 0 Å². The van der Waals surface area contributed by atoms with Gasteiger partial charge in [0.1, 0.15) is 0 Å². The van der Waals surface area contributed by atoms with Crippen molar-refractivity contribution >= 4 is 5.69 Å². The first kappa shape index (κ1) is 21.1. The molecule has 5 nitrogen and oxygen atoms in total. The van der Waals surface area contributed by atoms with E-state index < -0.39 is 11.7 Å². The van der Waals surface area contributed by atoms with Gasteiger partial charge in [-0.2, -0.15) is 18.3 Å². The van der Waals surface area contributed by atoms with Crippen LogP contribution in [0.25, 0.3) is 11.3 Å². The topological polar surface area (TPSA) is 52.2 Å². The molecule has 3 aromatic rings. The van der Waals surface area contributed by atoms with Gasteiger partial charge in [0.2, 0.25) is 0 Å². The predicted octanol–water partition coefficient (Wildman–Crippen LogP) is 3.82.